The highest BCUT2D eigenvalue weighted by molar-refractivity contribution is 4.98. The fourth-order valence-electron chi connectivity index (χ4n) is 1.14. The van der Waals surface area contributed by atoms with Crippen molar-refractivity contribution in [1.29, 1.82) is 0 Å². The highest BCUT2D eigenvalue weighted by atomic mass is 14.8. The summed E-state index contributed by atoms with van der Waals surface area (Å²) in [5.41, 5.74) is 1.57. The molecule has 0 spiro atoms. The summed E-state index contributed by atoms with van der Waals surface area (Å²) in [7, 11) is 0. The summed E-state index contributed by atoms with van der Waals surface area (Å²) in [5, 5.41) is 3.36. The van der Waals surface area contributed by atoms with Gasteiger partial charge in [-0.05, 0) is 39.3 Å². The lowest BCUT2D eigenvalue weighted by Crippen LogP contribution is -2.17. The predicted octanol–water partition coefficient (Wildman–Crippen LogP) is 1.71. The third-order valence-corrected chi connectivity index (χ3v) is 1.74. The van der Waals surface area contributed by atoms with Gasteiger partial charge in [-0.3, -0.25) is 0 Å². The maximum atomic E-state index is 3.36. The van der Waals surface area contributed by atoms with E-state index in [0.29, 0.717) is 0 Å². The molecule has 0 bridgehead atoms. The van der Waals surface area contributed by atoms with E-state index >= 15 is 0 Å². The first-order chi connectivity index (χ1) is 4.39. The van der Waals surface area contributed by atoms with E-state index in [1.54, 1.807) is 5.57 Å². The molecule has 0 radical (unpaired) electrons. The number of allylic oxidation sites excluding steroid dienone is 1. The van der Waals surface area contributed by atoms with Crippen LogP contribution < -0.4 is 5.32 Å². The first kappa shape index (κ1) is 6.81. The second-order valence-corrected chi connectivity index (χ2v) is 2.69. The van der Waals surface area contributed by atoms with Gasteiger partial charge in [0.05, 0.1) is 0 Å². The fraction of sp³-hybridized carbons (Fsp3) is 0.750. The molecule has 9 heavy (non-hydrogen) atoms. The van der Waals surface area contributed by atoms with Gasteiger partial charge >= 0.3 is 0 Å². The minimum Gasteiger partial charge on any atom is -0.316 e. The summed E-state index contributed by atoms with van der Waals surface area (Å²) < 4.78 is 0. The number of hydrogen-bond acceptors (Lipinski definition) is 1. The van der Waals surface area contributed by atoms with Crippen molar-refractivity contribution in [2.24, 2.45) is 0 Å². The van der Waals surface area contributed by atoms with Crippen LogP contribution in [0.5, 0.6) is 0 Å². The smallest absolute Gasteiger partial charge is 0.00142 e. The van der Waals surface area contributed by atoms with Crippen LogP contribution in [0.4, 0.5) is 0 Å². The Balaban J connectivity index is 2.32. The second-order valence-electron chi connectivity index (χ2n) is 2.69. The Bertz CT molecular complexity index is 105. The van der Waals surface area contributed by atoms with E-state index in [-0.39, 0.29) is 0 Å². The van der Waals surface area contributed by atoms with Gasteiger partial charge in [0, 0.05) is 0 Å². The van der Waals surface area contributed by atoms with Crippen LogP contribution in [-0.2, 0) is 0 Å². The molecule has 52 valence electrons. The molecule has 1 N–H and O–H groups in total. The zero-order chi connectivity index (χ0) is 6.53. The summed E-state index contributed by atoms with van der Waals surface area (Å²) in [6.45, 7) is 4.59. The molecule has 1 heterocycles. The molecule has 1 heteroatoms. The first-order valence-electron chi connectivity index (χ1n) is 3.76. The van der Waals surface area contributed by atoms with Crippen LogP contribution in [0.15, 0.2) is 11.6 Å². The van der Waals surface area contributed by atoms with Crippen molar-refractivity contribution >= 4 is 0 Å². The topological polar surface area (TPSA) is 12.0 Å². The summed E-state index contributed by atoms with van der Waals surface area (Å²) >= 11 is 0. The van der Waals surface area contributed by atoms with Crippen molar-refractivity contribution < 1.29 is 0 Å². The average Bonchev–Trinajstić information content (AvgIpc) is 1.79. The normalized spacial score (nSPS) is 22.1. The number of hydrogen-bond donors (Lipinski definition) is 1. The van der Waals surface area contributed by atoms with E-state index in [1.807, 2.05) is 0 Å². The maximum absolute atomic E-state index is 3.36. The van der Waals surface area contributed by atoms with Gasteiger partial charge in [0.1, 0.15) is 0 Å². The highest BCUT2D eigenvalue weighted by Gasteiger charge is 1.94. The molecule has 0 unspecified atom stereocenters. The molecule has 1 rings (SSSR count). The summed E-state index contributed by atoms with van der Waals surface area (Å²) in [6, 6.07) is 0. The summed E-state index contributed by atoms with van der Waals surface area (Å²) in [4.78, 5) is 0. The van der Waals surface area contributed by atoms with E-state index in [4.69, 9.17) is 0 Å². The number of rotatable bonds is 0. The highest BCUT2D eigenvalue weighted by Crippen LogP contribution is 2.05. The molecule has 1 nitrogen and oxygen atoms in total. The molecule has 0 aliphatic carbocycles. The van der Waals surface area contributed by atoms with Crippen LogP contribution in [0.25, 0.3) is 0 Å². The van der Waals surface area contributed by atoms with Crippen LogP contribution in [0.2, 0.25) is 0 Å². The van der Waals surface area contributed by atoms with E-state index in [0.717, 1.165) is 6.54 Å². The quantitative estimate of drug-likeness (QED) is 0.486. The zero-order valence-electron chi connectivity index (χ0n) is 6.11. The van der Waals surface area contributed by atoms with Crippen LogP contribution in [0, 0.1) is 0 Å². The van der Waals surface area contributed by atoms with Gasteiger partial charge in [0.15, 0.2) is 0 Å². The Morgan fingerprint density at radius 3 is 3.22 bits per heavy atom. The molecular weight excluding hydrogens is 110 g/mol. The molecule has 1 aliphatic heterocycles. The molecule has 0 aromatic carbocycles. The van der Waals surface area contributed by atoms with Crippen molar-refractivity contribution in [3.05, 3.63) is 11.6 Å². The predicted molar refractivity (Wildman–Crippen MR) is 40.5 cm³/mol. The van der Waals surface area contributed by atoms with Crippen LogP contribution >= 0.6 is 0 Å². The van der Waals surface area contributed by atoms with Crippen LogP contribution in [-0.4, -0.2) is 13.1 Å². The van der Waals surface area contributed by atoms with Crippen LogP contribution in [0.3, 0.4) is 0 Å². The number of nitrogens with one attached hydrogen (secondary N) is 1. The SMILES string of the molecule is CC1=CCCNCCC1. The minimum absolute atomic E-state index is 1.16. The fourth-order valence-corrected chi connectivity index (χ4v) is 1.14. The Hall–Kier alpha value is -0.300. The summed E-state index contributed by atoms with van der Waals surface area (Å²) in [5.74, 6) is 0. The average molecular weight is 125 g/mol. The molecule has 0 atom stereocenters. The molecule has 0 aromatic heterocycles. The molecule has 0 fully saturated rings. The standard InChI is InChI=1S/C8H15N/c1-8-4-2-6-9-7-3-5-8/h4,9H,2-3,5-7H2,1H3. The summed E-state index contributed by atoms with van der Waals surface area (Å²) in [6.07, 6.45) is 6.15. The largest absolute Gasteiger partial charge is 0.316 e. The van der Waals surface area contributed by atoms with Crippen LogP contribution in [0.1, 0.15) is 26.2 Å². The minimum atomic E-state index is 1.16. The van der Waals surface area contributed by atoms with Crippen molar-refractivity contribution in [3.8, 4) is 0 Å². The van der Waals surface area contributed by atoms with Gasteiger partial charge in [-0.1, -0.05) is 11.6 Å². The molecule has 0 saturated carbocycles. The molecule has 0 amide bonds. The molecule has 0 saturated heterocycles. The lowest BCUT2D eigenvalue weighted by Gasteiger charge is -2.07. The van der Waals surface area contributed by atoms with Crippen molar-refractivity contribution in [2.45, 2.75) is 26.2 Å². The Morgan fingerprint density at radius 1 is 1.44 bits per heavy atom. The van der Waals surface area contributed by atoms with Gasteiger partial charge in [0.25, 0.3) is 0 Å². The third-order valence-electron chi connectivity index (χ3n) is 1.74. The van der Waals surface area contributed by atoms with Gasteiger partial charge in [-0.2, -0.15) is 0 Å². The Kier molecular flexibility index (Phi) is 2.78. The monoisotopic (exact) mass is 125 g/mol. The molecule has 1 aliphatic rings. The van der Waals surface area contributed by atoms with Crippen molar-refractivity contribution in [3.63, 3.8) is 0 Å². The van der Waals surface area contributed by atoms with E-state index in [9.17, 15) is 0 Å². The Labute approximate surface area is 57.1 Å². The van der Waals surface area contributed by atoms with Gasteiger partial charge in [0.2, 0.25) is 0 Å². The van der Waals surface area contributed by atoms with Gasteiger partial charge in [-0.25, -0.2) is 0 Å². The van der Waals surface area contributed by atoms with E-state index in [1.165, 1.54) is 25.8 Å². The van der Waals surface area contributed by atoms with E-state index < -0.39 is 0 Å². The lowest BCUT2D eigenvalue weighted by atomic mass is 10.1. The first-order valence-corrected chi connectivity index (χ1v) is 3.76. The second kappa shape index (κ2) is 3.67. The lowest BCUT2D eigenvalue weighted by molar-refractivity contribution is 0.633. The van der Waals surface area contributed by atoms with E-state index in [2.05, 4.69) is 18.3 Å². The molecular formula is C8H15N. The maximum Gasteiger partial charge on any atom is -0.00142 e. The van der Waals surface area contributed by atoms with Crippen molar-refractivity contribution in [1.82, 2.24) is 5.32 Å². The zero-order valence-corrected chi connectivity index (χ0v) is 6.11. The molecule has 0 aromatic rings. The Morgan fingerprint density at radius 2 is 2.33 bits per heavy atom. The van der Waals surface area contributed by atoms with Gasteiger partial charge in [-0.15, -0.1) is 0 Å². The van der Waals surface area contributed by atoms with Crippen molar-refractivity contribution in [2.75, 3.05) is 13.1 Å². The van der Waals surface area contributed by atoms with Gasteiger partial charge < -0.3 is 5.32 Å². The third kappa shape index (κ3) is 2.66.